The minimum Gasteiger partial charge on any atom is -0.486 e. The third-order valence-electron chi connectivity index (χ3n) is 3.64. The van der Waals surface area contributed by atoms with E-state index < -0.39 is 5.97 Å². The van der Waals surface area contributed by atoms with Gasteiger partial charge in [-0.15, -0.1) is 0 Å². The van der Waals surface area contributed by atoms with Crippen molar-refractivity contribution in [2.75, 3.05) is 11.9 Å². The number of carbonyl (C=O) groups is 1. The van der Waals surface area contributed by atoms with Gasteiger partial charge in [-0.25, -0.2) is 4.39 Å². The quantitative estimate of drug-likeness (QED) is 0.501. The first kappa shape index (κ1) is 20.7. The van der Waals surface area contributed by atoms with E-state index in [1.807, 2.05) is 13.8 Å². The number of aryl methyl sites for hydroxylation is 1. The maximum Gasteiger partial charge on any atom is 0.307 e. The molecule has 2 N–H and O–H groups in total. The standard InChI is InChI=1S/C19H20Br2FNO3/c1-3-4-23-16-6-11(2)5-13(18(16)22)10-26-19-14(20)7-12(8-15(19)21)9-17(24)25/h5-8,23H,3-4,9-10H2,1-2H3,(H,24,25). The van der Waals surface area contributed by atoms with E-state index in [0.29, 0.717) is 38.1 Å². The van der Waals surface area contributed by atoms with Gasteiger partial charge in [0.15, 0.2) is 5.82 Å². The summed E-state index contributed by atoms with van der Waals surface area (Å²) < 4.78 is 21.7. The van der Waals surface area contributed by atoms with Gasteiger partial charge in [0, 0.05) is 12.1 Å². The van der Waals surface area contributed by atoms with Gasteiger partial charge >= 0.3 is 5.97 Å². The fourth-order valence-corrected chi connectivity index (χ4v) is 4.02. The number of benzene rings is 2. The number of rotatable bonds is 8. The summed E-state index contributed by atoms with van der Waals surface area (Å²) in [6, 6.07) is 6.91. The van der Waals surface area contributed by atoms with Gasteiger partial charge in [-0.1, -0.05) is 6.92 Å². The first-order chi connectivity index (χ1) is 12.3. The molecule has 0 bridgehead atoms. The number of nitrogens with one attached hydrogen (secondary N) is 1. The Morgan fingerprint density at radius 3 is 2.46 bits per heavy atom. The average molecular weight is 489 g/mol. The molecular formula is C19H20Br2FNO3. The Morgan fingerprint density at radius 1 is 1.23 bits per heavy atom. The molecule has 0 unspecified atom stereocenters. The van der Waals surface area contributed by atoms with Crippen molar-refractivity contribution in [1.82, 2.24) is 0 Å². The zero-order valence-corrected chi connectivity index (χ0v) is 17.7. The average Bonchev–Trinajstić information content (AvgIpc) is 2.54. The highest BCUT2D eigenvalue weighted by atomic mass is 79.9. The van der Waals surface area contributed by atoms with Crippen LogP contribution in [0.15, 0.2) is 33.2 Å². The van der Waals surface area contributed by atoms with Gasteiger partial charge in [-0.2, -0.15) is 0 Å². The maximum absolute atomic E-state index is 14.7. The predicted octanol–water partition coefficient (Wildman–Crippen LogP) is 5.69. The molecule has 0 aliphatic carbocycles. The first-order valence-electron chi connectivity index (χ1n) is 8.17. The number of hydrogen-bond acceptors (Lipinski definition) is 3. The lowest BCUT2D eigenvalue weighted by atomic mass is 10.1. The molecule has 0 aliphatic rings. The lowest BCUT2D eigenvalue weighted by Gasteiger charge is -2.15. The second-order valence-corrected chi connectivity index (χ2v) is 7.67. The van der Waals surface area contributed by atoms with E-state index in [2.05, 4.69) is 37.2 Å². The van der Waals surface area contributed by atoms with Gasteiger partial charge in [-0.3, -0.25) is 4.79 Å². The van der Waals surface area contributed by atoms with Crippen molar-refractivity contribution < 1.29 is 19.0 Å². The molecule has 2 rings (SSSR count). The lowest BCUT2D eigenvalue weighted by Crippen LogP contribution is -2.07. The molecule has 0 fully saturated rings. The SMILES string of the molecule is CCCNc1cc(C)cc(COc2c(Br)cc(CC(=O)O)cc2Br)c1F. The van der Waals surface area contributed by atoms with Crippen molar-refractivity contribution in [1.29, 1.82) is 0 Å². The van der Waals surface area contributed by atoms with E-state index >= 15 is 0 Å². The van der Waals surface area contributed by atoms with Crippen molar-refractivity contribution in [3.8, 4) is 5.75 Å². The van der Waals surface area contributed by atoms with Gasteiger partial charge in [0.25, 0.3) is 0 Å². The Bertz CT molecular complexity index is 789. The van der Waals surface area contributed by atoms with Crippen LogP contribution in [0.4, 0.5) is 10.1 Å². The molecule has 0 aromatic heterocycles. The molecule has 0 heterocycles. The van der Waals surface area contributed by atoms with Gasteiger partial charge in [0.1, 0.15) is 12.4 Å². The van der Waals surface area contributed by atoms with Crippen molar-refractivity contribution in [2.45, 2.75) is 33.3 Å². The number of anilines is 1. The molecule has 7 heteroatoms. The number of aliphatic carboxylic acids is 1. The van der Waals surface area contributed by atoms with Crippen LogP contribution < -0.4 is 10.1 Å². The van der Waals surface area contributed by atoms with E-state index in [1.165, 1.54) is 0 Å². The largest absolute Gasteiger partial charge is 0.486 e. The van der Waals surface area contributed by atoms with Gasteiger partial charge in [0.2, 0.25) is 0 Å². The molecular weight excluding hydrogens is 469 g/mol. The monoisotopic (exact) mass is 487 g/mol. The molecule has 0 spiro atoms. The number of ether oxygens (including phenoxy) is 1. The van der Waals surface area contributed by atoms with Crippen molar-refractivity contribution in [3.63, 3.8) is 0 Å². The number of carboxylic acid groups (broad SMARTS) is 1. The Balaban J connectivity index is 2.21. The molecule has 26 heavy (non-hydrogen) atoms. The normalized spacial score (nSPS) is 10.7. The molecule has 2 aromatic rings. The maximum atomic E-state index is 14.7. The summed E-state index contributed by atoms with van der Waals surface area (Å²) in [6.07, 6.45) is 0.818. The van der Waals surface area contributed by atoms with Crippen molar-refractivity contribution in [2.24, 2.45) is 0 Å². The summed E-state index contributed by atoms with van der Waals surface area (Å²) in [7, 11) is 0. The molecule has 0 saturated carbocycles. The molecule has 0 aliphatic heterocycles. The second-order valence-electron chi connectivity index (χ2n) is 5.96. The van der Waals surface area contributed by atoms with Crippen LogP contribution in [0.3, 0.4) is 0 Å². The second kappa shape index (κ2) is 9.37. The van der Waals surface area contributed by atoms with Crippen LogP contribution in [0.25, 0.3) is 0 Å². The third kappa shape index (κ3) is 5.45. The Morgan fingerprint density at radius 2 is 1.88 bits per heavy atom. The molecule has 0 saturated heterocycles. The minimum absolute atomic E-state index is 0.0593. The van der Waals surface area contributed by atoms with Gasteiger partial charge < -0.3 is 15.2 Å². The Kier molecular flexibility index (Phi) is 7.46. The lowest BCUT2D eigenvalue weighted by molar-refractivity contribution is -0.136. The van der Waals surface area contributed by atoms with Gasteiger partial charge in [-0.05, 0) is 80.6 Å². The number of halogens is 3. The molecule has 0 amide bonds. The summed E-state index contributed by atoms with van der Waals surface area (Å²) in [5.74, 6) is -0.728. The van der Waals surface area contributed by atoms with Crippen LogP contribution >= 0.6 is 31.9 Å². The minimum atomic E-state index is -0.911. The summed E-state index contributed by atoms with van der Waals surface area (Å²) >= 11 is 6.78. The summed E-state index contributed by atoms with van der Waals surface area (Å²) in [5.41, 5.74) is 2.51. The molecule has 140 valence electrons. The van der Waals surface area contributed by atoms with Crippen LogP contribution in [0, 0.1) is 12.7 Å². The van der Waals surface area contributed by atoms with Crippen LogP contribution in [0.2, 0.25) is 0 Å². The fourth-order valence-electron chi connectivity index (χ4n) is 2.51. The molecule has 2 aromatic carbocycles. The Hall–Kier alpha value is -1.60. The number of hydrogen-bond donors (Lipinski definition) is 2. The summed E-state index contributed by atoms with van der Waals surface area (Å²) in [6.45, 7) is 4.69. The van der Waals surface area contributed by atoms with Crippen LogP contribution in [-0.2, 0) is 17.8 Å². The van der Waals surface area contributed by atoms with Crippen LogP contribution in [0.1, 0.15) is 30.0 Å². The van der Waals surface area contributed by atoms with E-state index in [1.54, 1.807) is 24.3 Å². The van der Waals surface area contributed by atoms with Crippen LogP contribution in [0.5, 0.6) is 5.75 Å². The highest BCUT2D eigenvalue weighted by molar-refractivity contribution is 9.11. The first-order valence-corrected chi connectivity index (χ1v) is 9.75. The van der Waals surface area contributed by atoms with E-state index in [4.69, 9.17) is 9.84 Å². The van der Waals surface area contributed by atoms with Crippen molar-refractivity contribution >= 4 is 43.5 Å². The number of carboxylic acids is 1. The zero-order chi connectivity index (χ0) is 19.3. The zero-order valence-electron chi connectivity index (χ0n) is 14.5. The summed E-state index contributed by atoms with van der Waals surface area (Å²) in [4.78, 5) is 10.9. The third-order valence-corrected chi connectivity index (χ3v) is 4.82. The van der Waals surface area contributed by atoms with Crippen LogP contribution in [-0.4, -0.2) is 17.6 Å². The molecule has 0 radical (unpaired) electrons. The van der Waals surface area contributed by atoms with E-state index in [9.17, 15) is 9.18 Å². The van der Waals surface area contributed by atoms with Crippen molar-refractivity contribution in [3.05, 3.63) is 55.7 Å². The van der Waals surface area contributed by atoms with Gasteiger partial charge in [0.05, 0.1) is 21.1 Å². The van der Waals surface area contributed by atoms with E-state index in [-0.39, 0.29) is 18.8 Å². The predicted molar refractivity (Wildman–Crippen MR) is 107 cm³/mol. The summed E-state index contributed by atoms with van der Waals surface area (Å²) in [5, 5.41) is 12.0. The molecule has 0 atom stereocenters. The molecule has 4 nitrogen and oxygen atoms in total. The Labute approximate surface area is 169 Å². The highest BCUT2D eigenvalue weighted by Crippen LogP contribution is 2.36. The fraction of sp³-hybridized carbons (Fsp3) is 0.316. The topological polar surface area (TPSA) is 58.6 Å². The van der Waals surface area contributed by atoms with E-state index in [0.717, 1.165) is 12.0 Å². The smallest absolute Gasteiger partial charge is 0.307 e. The highest BCUT2D eigenvalue weighted by Gasteiger charge is 2.14.